The molecule has 0 aliphatic heterocycles. The van der Waals surface area contributed by atoms with Crippen molar-refractivity contribution in [3.8, 4) is 5.75 Å². The Bertz CT molecular complexity index is 810. The maximum absolute atomic E-state index is 12.4. The van der Waals surface area contributed by atoms with Gasteiger partial charge >= 0.3 is 12.5 Å². The van der Waals surface area contributed by atoms with Crippen LogP contribution < -0.4 is 10.1 Å². The Morgan fingerprint density at radius 2 is 1.67 bits per heavy atom. The number of hydrogen-bond donors (Lipinski definition) is 1. The molecule has 1 amide bonds. The van der Waals surface area contributed by atoms with Gasteiger partial charge in [-0.2, -0.15) is 0 Å². The molecule has 6 nitrogen and oxygen atoms in total. The first kappa shape index (κ1) is 23.2. The fourth-order valence-electron chi connectivity index (χ4n) is 2.59. The third kappa shape index (κ3) is 8.52. The molecule has 0 fully saturated rings. The summed E-state index contributed by atoms with van der Waals surface area (Å²) in [5.74, 6) is -0.623. The summed E-state index contributed by atoms with van der Waals surface area (Å²) in [7, 11) is 1.40. The van der Waals surface area contributed by atoms with Crippen LogP contribution >= 0.6 is 0 Å². The summed E-state index contributed by atoms with van der Waals surface area (Å²) in [6.45, 7) is 0.0323. The molecule has 0 heterocycles. The Hall–Kier alpha value is -3.07. The summed E-state index contributed by atoms with van der Waals surface area (Å²) in [6.07, 6.45) is -5.16. The van der Waals surface area contributed by atoms with Gasteiger partial charge in [0.2, 0.25) is 0 Å². The predicted molar refractivity (Wildman–Crippen MR) is 102 cm³/mol. The molecule has 0 saturated carbocycles. The number of alkyl halides is 3. The van der Waals surface area contributed by atoms with Gasteiger partial charge in [-0.05, 0) is 29.7 Å². The Morgan fingerprint density at radius 3 is 2.27 bits per heavy atom. The third-order valence-corrected chi connectivity index (χ3v) is 4.04. The molecule has 1 N–H and O–H groups in total. The molecule has 2 aromatic rings. The van der Waals surface area contributed by atoms with E-state index in [2.05, 4.69) is 10.1 Å². The van der Waals surface area contributed by atoms with Crippen LogP contribution in [0.2, 0.25) is 0 Å². The minimum Gasteiger partial charge on any atom is -0.445 e. The zero-order valence-corrected chi connectivity index (χ0v) is 16.3. The number of nitrogens with one attached hydrogen (secondary N) is 1. The zero-order chi connectivity index (χ0) is 22.0. The quantitative estimate of drug-likeness (QED) is 0.622. The largest absolute Gasteiger partial charge is 0.573 e. The molecule has 2 aromatic carbocycles. The van der Waals surface area contributed by atoms with E-state index in [0.717, 1.165) is 5.56 Å². The summed E-state index contributed by atoms with van der Waals surface area (Å²) in [6, 6.07) is 13.4. The number of hydrogen-bond acceptors (Lipinski definition) is 5. The van der Waals surface area contributed by atoms with Crippen LogP contribution in [0.25, 0.3) is 0 Å². The molecular weight excluding hydrogens is 403 g/mol. The number of halogens is 3. The van der Waals surface area contributed by atoms with Gasteiger partial charge in [-0.15, -0.1) is 13.2 Å². The Balaban J connectivity index is 1.83. The van der Waals surface area contributed by atoms with Gasteiger partial charge in [0, 0.05) is 13.5 Å². The highest BCUT2D eigenvalue weighted by Gasteiger charge is 2.31. The highest BCUT2D eigenvalue weighted by Crippen LogP contribution is 2.23. The number of ether oxygens (including phenoxy) is 3. The van der Waals surface area contributed by atoms with Gasteiger partial charge < -0.3 is 19.5 Å². The first-order valence-corrected chi connectivity index (χ1v) is 9.10. The van der Waals surface area contributed by atoms with Gasteiger partial charge in [0.15, 0.2) is 5.78 Å². The van der Waals surface area contributed by atoms with E-state index in [-0.39, 0.29) is 37.6 Å². The average Bonchev–Trinajstić information content (AvgIpc) is 2.71. The topological polar surface area (TPSA) is 73.9 Å². The molecule has 0 unspecified atom stereocenters. The van der Waals surface area contributed by atoms with Crippen LogP contribution in [0.15, 0.2) is 54.6 Å². The molecule has 0 saturated heterocycles. The molecule has 0 bridgehead atoms. The second kappa shape index (κ2) is 11.2. The molecule has 0 aromatic heterocycles. The fraction of sp³-hybridized carbons (Fsp3) is 0.333. The molecular formula is C21H22F3NO5. The number of carbonyl (C=O) groups excluding carboxylic acids is 2. The van der Waals surface area contributed by atoms with Crippen molar-refractivity contribution < 1.29 is 37.0 Å². The van der Waals surface area contributed by atoms with Crippen molar-refractivity contribution in [2.45, 2.75) is 31.9 Å². The van der Waals surface area contributed by atoms with Crippen LogP contribution in [0.3, 0.4) is 0 Å². The van der Waals surface area contributed by atoms with Crippen molar-refractivity contribution >= 4 is 11.9 Å². The number of Topliss-reactive ketones (excluding diaryl/α,β-unsaturated/α-hetero) is 1. The molecule has 162 valence electrons. The van der Waals surface area contributed by atoms with Gasteiger partial charge in [0.1, 0.15) is 18.4 Å². The van der Waals surface area contributed by atoms with Gasteiger partial charge in [0.25, 0.3) is 0 Å². The standard InChI is InChI=1S/C21H22F3NO5/c1-28-14-18(25-20(27)29-13-16-5-3-2-4-6-16)19(26)12-9-15-7-10-17(11-8-15)30-21(22,23)24/h2-8,10-11,18H,9,12-14H2,1H3,(H,25,27)/t18-/m1/s1. The van der Waals surface area contributed by atoms with E-state index in [4.69, 9.17) is 9.47 Å². The fourth-order valence-corrected chi connectivity index (χ4v) is 2.59. The summed E-state index contributed by atoms with van der Waals surface area (Å²) in [5.41, 5.74) is 1.46. The van der Waals surface area contributed by atoms with E-state index in [1.807, 2.05) is 18.2 Å². The van der Waals surface area contributed by atoms with Gasteiger partial charge in [-0.25, -0.2) is 4.79 Å². The van der Waals surface area contributed by atoms with E-state index in [0.29, 0.717) is 5.56 Å². The molecule has 9 heteroatoms. The Morgan fingerprint density at radius 1 is 1.00 bits per heavy atom. The van der Waals surface area contributed by atoms with Crippen LogP contribution in [-0.4, -0.2) is 38.0 Å². The van der Waals surface area contributed by atoms with Gasteiger partial charge in [-0.3, -0.25) is 4.79 Å². The number of alkyl carbamates (subject to hydrolysis) is 1. The van der Waals surface area contributed by atoms with Crippen LogP contribution in [0, 0.1) is 0 Å². The second-order valence-corrected chi connectivity index (χ2v) is 6.37. The summed E-state index contributed by atoms with van der Waals surface area (Å²) < 4.78 is 50.5. The lowest BCUT2D eigenvalue weighted by Gasteiger charge is -2.17. The molecule has 0 aliphatic rings. The normalized spacial score (nSPS) is 12.1. The number of rotatable bonds is 10. The molecule has 1 atom stereocenters. The SMILES string of the molecule is COC[C@@H](NC(=O)OCc1ccccc1)C(=O)CCc1ccc(OC(F)(F)F)cc1. The molecule has 0 aliphatic carbocycles. The number of benzene rings is 2. The van der Waals surface area contributed by atoms with Crippen molar-refractivity contribution in [1.82, 2.24) is 5.32 Å². The van der Waals surface area contributed by atoms with E-state index in [1.54, 1.807) is 12.1 Å². The number of aryl methyl sites for hydroxylation is 1. The van der Waals surface area contributed by atoms with Crippen molar-refractivity contribution in [1.29, 1.82) is 0 Å². The summed E-state index contributed by atoms with van der Waals surface area (Å²) in [4.78, 5) is 24.4. The Labute approximate surface area is 171 Å². The van der Waals surface area contributed by atoms with Crippen molar-refractivity contribution in [2.75, 3.05) is 13.7 Å². The minimum absolute atomic E-state index is 0.0301. The Kier molecular flexibility index (Phi) is 8.67. The van der Waals surface area contributed by atoms with Crippen molar-refractivity contribution in [3.63, 3.8) is 0 Å². The number of carbonyl (C=O) groups is 2. The lowest BCUT2D eigenvalue weighted by molar-refractivity contribution is -0.274. The average molecular weight is 425 g/mol. The van der Waals surface area contributed by atoms with Crippen molar-refractivity contribution in [2.24, 2.45) is 0 Å². The zero-order valence-electron chi connectivity index (χ0n) is 16.3. The first-order valence-electron chi connectivity index (χ1n) is 9.10. The highest BCUT2D eigenvalue weighted by molar-refractivity contribution is 5.87. The number of amides is 1. The van der Waals surface area contributed by atoms with Crippen LogP contribution in [0.5, 0.6) is 5.75 Å². The lowest BCUT2D eigenvalue weighted by Crippen LogP contribution is -2.44. The van der Waals surface area contributed by atoms with E-state index in [1.165, 1.54) is 31.4 Å². The smallest absolute Gasteiger partial charge is 0.445 e. The predicted octanol–water partition coefficient (Wildman–Crippen LogP) is 4.03. The maximum Gasteiger partial charge on any atom is 0.573 e. The maximum atomic E-state index is 12.4. The monoisotopic (exact) mass is 425 g/mol. The number of ketones is 1. The van der Waals surface area contributed by atoms with E-state index in [9.17, 15) is 22.8 Å². The highest BCUT2D eigenvalue weighted by atomic mass is 19.4. The first-order chi connectivity index (χ1) is 14.3. The molecule has 2 rings (SSSR count). The van der Waals surface area contributed by atoms with E-state index < -0.39 is 18.5 Å². The van der Waals surface area contributed by atoms with Gasteiger partial charge in [0.05, 0.1) is 6.61 Å². The lowest BCUT2D eigenvalue weighted by atomic mass is 10.0. The molecule has 30 heavy (non-hydrogen) atoms. The minimum atomic E-state index is -4.76. The summed E-state index contributed by atoms with van der Waals surface area (Å²) >= 11 is 0. The van der Waals surface area contributed by atoms with Crippen LogP contribution in [0.1, 0.15) is 17.5 Å². The number of methoxy groups -OCH3 is 1. The van der Waals surface area contributed by atoms with E-state index >= 15 is 0 Å². The second-order valence-electron chi connectivity index (χ2n) is 6.37. The molecule has 0 spiro atoms. The third-order valence-electron chi connectivity index (χ3n) is 4.04. The van der Waals surface area contributed by atoms with Crippen LogP contribution in [-0.2, 0) is 27.3 Å². The molecule has 0 radical (unpaired) electrons. The summed E-state index contributed by atoms with van der Waals surface area (Å²) in [5, 5.41) is 2.48. The van der Waals surface area contributed by atoms with Crippen molar-refractivity contribution in [3.05, 3.63) is 65.7 Å². The van der Waals surface area contributed by atoms with Gasteiger partial charge in [-0.1, -0.05) is 42.5 Å². The van der Waals surface area contributed by atoms with Crippen LogP contribution in [0.4, 0.5) is 18.0 Å².